The van der Waals surface area contributed by atoms with Crippen LogP contribution < -0.4 is 5.32 Å². The van der Waals surface area contributed by atoms with E-state index in [9.17, 15) is 0 Å². The highest BCUT2D eigenvalue weighted by atomic mass is 14.9. The summed E-state index contributed by atoms with van der Waals surface area (Å²) in [6.07, 6.45) is 8.11. The average Bonchev–Trinajstić information content (AvgIpc) is 1.94. The molecule has 0 fully saturated rings. The maximum atomic E-state index is 3.46. The summed E-state index contributed by atoms with van der Waals surface area (Å²) in [5.41, 5.74) is 0.272. The minimum Gasteiger partial charge on any atom is -0.312 e. The normalized spacial score (nSPS) is 12.7. The summed E-state index contributed by atoms with van der Waals surface area (Å²) >= 11 is 0. The molecular formula is C11H23N. The molecule has 0 aliphatic carbocycles. The first kappa shape index (κ1) is 11.7. The third-order valence-corrected chi connectivity index (χ3v) is 1.61. The Labute approximate surface area is 77.2 Å². The monoisotopic (exact) mass is 169 g/mol. The van der Waals surface area contributed by atoms with Gasteiger partial charge < -0.3 is 5.32 Å². The van der Waals surface area contributed by atoms with Gasteiger partial charge in [0, 0.05) is 5.54 Å². The molecule has 0 aromatic heterocycles. The van der Waals surface area contributed by atoms with Gasteiger partial charge >= 0.3 is 0 Å². The Bertz CT molecular complexity index is 119. The molecule has 0 heterocycles. The number of hydrogen-bond donors (Lipinski definition) is 1. The molecule has 0 aromatic rings. The third kappa shape index (κ3) is 9.70. The van der Waals surface area contributed by atoms with Crippen LogP contribution in [0.25, 0.3) is 0 Å². The molecule has 0 unspecified atom stereocenters. The molecule has 72 valence electrons. The van der Waals surface area contributed by atoms with Gasteiger partial charge in [-0.05, 0) is 46.6 Å². The summed E-state index contributed by atoms with van der Waals surface area (Å²) in [5, 5.41) is 3.46. The van der Waals surface area contributed by atoms with Crippen molar-refractivity contribution in [2.75, 3.05) is 6.54 Å². The van der Waals surface area contributed by atoms with Crippen LogP contribution in [0.5, 0.6) is 0 Å². The second-order valence-corrected chi connectivity index (χ2v) is 4.20. The van der Waals surface area contributed by atoms with E-state index in [0.717, 1.165) is 13.0 Å². The summed E-state index contributed by atoms with van der Waals surface area (Å²) in [7, 11) is 0. The second-order valence-electron chi connectivity index (χ2n) is 4.20. The highest BCUT2D eigenvalue weighted by Crippen LogP contribution is 1.99. The molecule has 1 heteroatoms. The van der Waals surface area contributed by atoms with E-state index in [1.807, 2.05) is 0 Å². The van der Waals surface area contributed by atoms with Gasteiger partial charge in [-0.3, -0.25) is 0 Å². The van der Waals surface area contributed by atoms with Gasteiger partial charge in [0.2, 0.25) is 0 Å². The van der Waals surface area contributed by atoms with Crippen LogP contribution >= 0.6 is 0 Å². The molecule has 0 rings (SSSR count). The number of unbranched alkanes of at least 4 members (excludes halogenated alkanes) is 1. The van der Waals surface area contributed by atoms with Gasteiger partial charge in [0.25, 0.3) is 0 Å². The molecule has 1 N–H and O–H groups in total. The largest absolute Gasteiger partial charge is 0.312 e. The molecule has 0 aromatic carbocycles. The fourth-order valence-electron chi connectivity index (χ4n) is 0.968. The van der Waals surface area contributed by atoms with Gasteiger partial charge in [-0.1, -0.05) is 19.1 Å². The van der Waals surface area contributed by atoms with Crippen molar-refractivity contribution in [1.29, 1.82) is 0 Å². The van der Waals surface area contributed by atoms with Crippen molar-refractivity contribution in [2.24, 2.45) is 0 Å². The number of rotatable bonds is 5. The Morgan fingerprint density at radius 3 is 2.33 bits per heavy atom. The zero-order chi connectivity index (χ0) is 9.45. The number of hydrogen-bond acceptors (Lipinski definition) is 1. The summed E-state index contributed by atoms with van der Waals surface area (Å²) in [5.74, 6) is 0. The smallest absolute Gasteiger partial charge is 0.00965 e. The zero-order valence-electron chi connectivity index (χ0n) is 8.98. The first-order valence-corrected chi connectivity index (χ1v) is 4.96. The van der Waals surface area contributed by atoms with Crippen LogP contribution in [-0.2, 0) is 0 Å². The van der Waals surface area contributed by atoms with E-state index in [2.05, 4.69) is 45.2 Å². The lowest BCUT2D eigenvalue weighted by atomic mass is 10.1. The Morgan fingerprint density at radius 1 is 1.17 bits per heavy atom. The van der Waals surface area contributed by atoms with Crippen molar-refractivity contribution in [3.63, 3.8) is 0 Å². The lowest BCUT2D eigenvalue weighted by Gasteiger charge is -2.19. The standard InChI is InChI=1S/C11H23N/c1-5-6-7-8-9-10-12-11(2,3)4/h6-7,12H,5,8-10H2,1-4H3/b7-6-. The van der Waals surface area contributed by atoms with Crippen molar-refractivity contribution < 1.29 is 0 Å². The molecule has 0 amide bonds. The van der Waals surface area contributed by atoms with Gasteiger partial charge in [-0.2, -0.15) is 0 Å². The highest BCUT2D eigenvalue weighted by molar-refractivity contribution is 4.80. The highest BCUT2D eigenvalue weighted by Gasteiger charge is 2.06. The third-order valence-electron chi connectivity index (χ3n) is 1.61. The Kier molecular flexibility index (Phi) is 6.09. The molecule has 0 radical (unpaired) electrons. The Balaban J connectivity index is 3.17. The Hall–Kier alpha value is -0.300. The first-order valence-electron chi connectivity index (χ1n) is 4.96. The minimum absolute atomic E-state index is 0.272. The van der Waals surface area contributed by atoms with Crippen LogP contribution in [0.1, 0.15) is 47.0 Å². The van der Waals surface area contributed by atoms with E-state index in [1.54, 1.807) is 0 Å². The maximum Gasteiger partial charge on any atom is 0.00965 e. The molecule has 0 spiro atoms. The number of allylic oxidation sites excluding steroid dienone is 2. The fourth-order valence-corrected chi connectivity index (χ4v) is 0.968. The van der Waals surface area contributed by atoms with Gasteiger partial charge in [0.1, 0.15) is 0 Å². The summed E-state index contributed by atoms with van der Waals surface area (Å²) < 4.78 is 0. The fraction of sp³-hybridized carbons (Fsp3) is 0.818. The molecule has 0 atom stereocenters. The van der Waals surface area contributed by atoms with Crippen LogP contribution in [0.2, 0.25) is 0 Å². The summed E-state index contributed by atoms with van der Waals surface area (Å²) in [6.45, 7) is 9.90. The van der Waals surface area contributed by atoms with E-state index < -0.39 is 0 Å². The van der Waals surface area contributed by atoms with Crippen molar-refractivity contribution in [3.8, 4) is 0 Å². The van der Waals surface area contributed by atoms with Gasteiger partial charge in [-0.15, -0.1) is 0 Å². The van der Waals surface area contributed by atoms with Crippen LogP contribution in [-0.4, -0.2) is 12.1 Å². The number of nitrogens with one attached hydrogen (secondary N) is 1. The van der Waals surface area contributed by atoms with Crippen molar-refractivity contribution in [2.45, 2.75) is 52.5 Å². The van der Waals surface area contributed by atoms with Crippen molar-refractivity contribution in [1.82, 2.24) is 5.32 Å². The molecule has 12 heavy (non-hydrogen) atoms. The van der Waals surface area contributed by atoms with Crippen LogP contribution in [0, 0.1) is 0 Å². The molecule has 0 aliphatic rings. The minimum atomic E-state index is 0.272. The van der Waals surface area contributed by atoms with E-state index >= 15 is 0 Å². The Morgan fingerprint density at radius 2 is 1.83 bits per heavy atom. The van der Waals surface area contributed by atoms with E-state index in [1.165, 1.54) is 12.8 Å². The summed E-state index contributed by atoms with van der Waals surface area (Å²) in [6, 6.07) is 0. The second kappa shape index (κ2) is 6.24. The maximum absolute atomic E-state index is 3.46. The average molecular weight is 169 g/mol. The molecule has 0 bridgehead atoms. The van der Waals surface area contributed by atoms with Crippen LogP contribution in [0.15, 0.2) is 12.2 Å². The van der Waals surface area contributed by atoms with Crippen molar-refractivity contribution >= 4 is 0 Å². The van der Waals surface area contributed by atoms with Crippen molar-refractivity contribution in [3.05, 3.63) is 12.2 Å². The molecule has 0 saturated heterocycles. The van der Waals surface area contributed by atoms with Gasteiger partial charge in [-0.25, -0.2) is 0 Å². The van der Waals surface area contributed by atoms with Crippen LogP contribution in [0.3, 0.4) is 0 Å². The molecule has 0 aliphatic heterocycles. The predicted octanol–water partition coefficient (Wildman–Crippen LogP) is 3.12. The SMILES string of the molecule is CC/C=C\CCCNC(C)(C)C. The molecule has 1 nitrogen and oxygen atoms in total. The quantitative estimate of drug-likeness (QED) is 0.492. The summed E-state index contributed by atoms with van der Waals surface area (Å²) in [4.78, 5) is 0. The van der Waals surface area contributed by atoms with Crippen LogP contribution in [0.4, 0.5) is 0 Å². The topological polar surface area (TPSA) is 12.0 Å². The zero-order valence-corrected chi connectivity index (χ0v) is 8.98. The predicted molar refractivity (Wildman–Crippen MR) is 56.4 cm³/mol. The lowest BCUT2D eigenvalue weighted by Crippen LogP contribution is -2.36. The van der Waals surface area contributed by atoms with Gasteiger partial charge in [0.15, 0.2) is 0 Å². The van der Waals surface area contributed by atoms with E-state index in [4.69, 9.17) is 0 Å². The van der Waals surface area contributed by atoms with E-state index in [-0.39, 0.29) is 5.54 Å². The van der Waals surface area contributed by atoms with Gasteiger partial charge in [0.05, 0.1) is 0 Å². The molecule has 0 saturated carbocycles. The first-order chi connectivity index (χ1) is 5.56. The van der Waals surface area contributed by atoms with E-state index in [0.29, 0.717) is 0 Å². The lowest BCUT2D eigenvalue weighted by molar-refractivity contribution is 0.423. The molecular weight excluding hydrogens is 146 g/mol.